The zero-order valence-electron chi connectivity index (χ0n) is 20.7. The number of imide groups is 1. The van der Waals surface area contributed by atoms with E-state index in [4.69, 9.17) is 9.26 Å². The van der Waals surface area contributed by atoms with Gasteiger partial charge in [0, 0.05) is 31.5 Å². The lowest BCUT2D eigenvalue weighted by Gasteiger charge is -2.31. The molecule has 0 bridgehead atoms. The molecule has 0 spiro atoms. The fraction of sp³-hybridized carbons (Fsp3) is 0.520. The van der Waals surface area contributed by atoms with Gasteiger partial charge in [0.25, 0.3) is 0 Å². The summed E-state index contributed by atoms with van der Waals surface area (Å²) in [5.74, 6) is -0.138. The average Bonchev–Trinajstić information content (AvgIpc) is 3.09. The van der Waals surface area contributed by atoms with Crippen molar-refractivity contribution in [3.63, 3.8) is 0 Å². The lowest BCUT2D eigenvalue weighted by Crippen LogP contribution is -2.49. The number of nitrogens with zero attached hydrogens (tertiary/aromatic N) is 2. The fourth-order valence-electron chi connectivity index (χ4n) is 3.88. The number of ether oxygens (including phenoxy) is 1. The third kappa shape index (κ3) is 6.51. The van der Waals surface area contributed by atoms with Crippen LogP contribution in [0.2, 0.25) is 0 Å². The third-order valence-corrected chi connectivity index (χ3v) is 5.60. The van der Waals surface area contributed by atoms with Crippen molar-refractivity contribution in [2.75, 3.05) is 13.2 Å². The van der Waals surface area contributed by atoms with Gasteiger partial charge in [-0.15, -0.1) is 0 Å². The van der Waals surface area contributed by atoms with Crippen LogP contribution in [0.15, 0.2) is 28.8 Å². The molecule has 180 valence electrons. The summed E-state index contributed by atoms with van der Waals surface area (Å²) < 4.78 is 10.5. The van der Waals surface area contributed by atoms with Crippen molar-refractivity contribution in [1.82, 2.24) is 15.4 Å². The van der Waals surface area contributed by atoms with Crippen molar-refractivity contribution < 1.29 is 23.6 Å². The highest BCUT2D eigenvalue weighted by Crippen LogP contribution is 2.30. The Bertz CT molecular complexity index is 959. The van der Waals surface area contributed by atoms with Crippen LogP contribution < -0.4 is 5.32 Å². The van der Waals surface area contributed by atoms with Gasteiger partial charge in [-0.05, 0) is 59.1 Å². The van der Waals surface area contributed by atoms with E-state index in [1.165, 1.54) is 11.8 Å². The second-order valence-corrected chi connectivity index (χ2v) is 8.56. The van der Waals surface area contributed by atoms with Crippen molar-refractivity contribution >= 4 is 17.8 Å². The van der Waals surface area contributed by atoms with Crippen molar-refractivity contribution in [3.05, 3.63) is 41.3 Å². The molecule has 1 aromatic heterocycles. The SMILES string of the molecule is CCOC(=O)C(C)(C)N[C@@H](CCC(=O)N(CC)C(C)=O)c1ccc(-c2c(C)noc2C)cc1. The largest absolute Gasteiger partial charge is 0.465 e. The average molecular weight is 458 g/mol. The predicted octanol–water partition coefficient (Wildman–Crippen LogP) is 4.11. The zero-order chi connectivity index (χ0) is 24.8. The summed E-state index contributed by atoms with van der Waals surface area (Å²) >= 11 is 0. The van der Waals surface area contributed by atoms with Gasteiger partial charge in [0.1, 0.15) is 11.3 Å². The molecular weight excluding hydrogens is 422 g/mol. The highest BCUT2D eigenvalue weighted by molar-refractivity contribution is 5.94. The number of esters is 1. The van der Waals surface area contributed by atoms with Crippen molar-refractivity contribution in [2.45, 2.75) is 72.9 Å². The lowest BCUT2D eigenvalue weighted by molar-refractivity contribution is -0.150. The van der Waals surface area contributed by atoms with Crippen LogP contribution in [0.25, 0.3) is 11.1 Å². The summed E-state index contributed by atoms with van der Waals surface area (Å²) in [5, 5.41) is 7.37. The van der Waals surface area contributed by atoms with E-state index in [-0.39, 0.29) is 36.9 Å². The molecule has 1 aromatic carbocycles. The number of hydrogen-bond acceptors (Lipinski definition) is 7. The molecule has 0 saturated carbocycles. The molecule has 1 heterocycles. The van der Waals surface area contributed by atoms with Gasteiger partial charge in [0.05, 0.1) is 12.3 Å². The number of amides is 2. The van der Waals surface area contributed by atoms with Crippen LogP contribution in [0, 0.1) is 13.8 Å². The Morgan fingerprint density at radius 3 is 2.27 bits per heavy atom. The van der Waals surface area contributed by atoms with Crippen LogP contribution in [-0.4, -0.2) is 46.5 Å². The Morgan fingerprint density at radius 2 is 1.79 bits per heavy atom. The Morgan fingerprint density at radius 1 is 1.15 bits per heavy atom. The Hall–Kier alpha value is -3.00. The van der Waals surface area contributed by atoms with Crippen molar-refractivity contribution in [2.24, 2.45) is 0 Å². The molecule has 0 aliphatic rings. The van der Waals surface area contributed by atoms with Crippen LogP contribution in [0.3, 0.4) is 0 Å². The smallest absolute Gasteiger partial charge is 0.325 e. The van der Waals surface area contributed by atoms with E-state index in [1.807, 2.05) is 38.1 Å². The standard InChI is InChI=1S/C25H35N3O5/c1-8-28(18(5)29)22(30)15-14-21(26-25(6,7)24(31)32-9-2)19-10-12-20(13-11-19)23-16(3)27-33-17(23)4/h10-13,21,26H,8-9,14-15H2,1-7H3/t21-/m0/s1. The number of hydrogen-bond donors (Lipinski definition) is 1. The molecule has 33 heavy (non-hydrogen) atoms. The van der Waals surface area contributed by atoms with Crippen LogP contribution in [0.1, 0.15) is 70.5 Å². The quantitative estimate of drug-likeness (QED) is 0.536. The molecule has 8 heteroatoms. The van der Waals surface area contributed by atoms with Crippen LogP contribution in [0.5, 0.6) is 0 Å². The van der Waals surface area contributed by atoms with E-state index >= 15 is 0 Å². The van der Waals surface area contributed by atoms with Gasteiger partial charge < -0.3 is 9.26 Å². The molecule has 0 unspecified atom stereocenters. The molecule has 2 amide bonds. The minimum absolute atomic E-state index is 0.162. The van der Waals surface area contributed by atoms with Gasteiger partial charge in [0.2, 0.25) is 11.8 Å². The monoisotopic (exact) mass is 457 g/mol. The maximum absolute atomic E-state index is 12.6. The summed E-state index contributed by atoms with van der Waals surface area (Å²) in [6.07, 6.45) is 0.575. The second kappa shape index (κ2) is 11.2. The molecule has 0 saturated heterocycles. The van der Waals surface area contributed by atoms with Crippen LogP contribution in [-0.2, 0) is 19.1 Å². The number of carbonyl (C=O) groups is 3. The van der Waals surface area contributed by atoms with Gasteiger partial charge in [-0.25, -0.2) is 0 Å². The van der Waals surface area contributed by atoms with Gasteiger partial charge in [-0.1, -0.05) is 29.4 Å². The van der Waals surface area contributed by atoms with E-state index < -0.39 is 5.54 Å². The molecule has 8 nitrogen and oxygen atoms in total. The van der Waals surface area contributed by atoms with Crippen LogP contribution in [0.4, 0.5) is 0 Å². The molecule has 0 radical (unpaired) electrons. The highest BCUT2D eigenvalue weighted by atomic mass is 16.5. The van der Waals surface area contributed by atoms with Gasteiger partial charge >= 0.3 is 5.97 Å². The Kier molecular flexibility index (Phi) is 8.93. The fourth-order valence-corrected chi connectivity index (χ4v) is 3.88. The first-order chi connectivity index (χ1) is 15.5. The van der Waals surface area contributed by atoms with Gasteiger partial charge in [0.15, 0.2) is 0 Å². The first-order valence-electron chi connectivity index (χ1n) is 11.3. The van der Waals surface area contributed by atoms with E-state index in [2.05, 4.69) is 10.5 Å². The van der Waals surface area contributed by atoms with E-state index in [0.29, 0.717) is 13.0 Å². The maximum Gasteiger partial charge on any atom is 0.325 e. The molecule has 1 atom stereocenters. The molecule has 2 aromatic rings. The van der Waals surface area contributed by atoms with Gasteiger partial charge in [-0.2, -0.15) is 0 Å². The van der Waals surface area contributed by atoms with E-state index in [0.717, 1.165) is 28.1 Å². The van der Waals surface area contributed by atoms with Crippen molar-refractivity contribution in [1.29, 1.82) is 0 Å². The number of aryl methyl sites for hydroxylation is 2. The topological polar surface area (TPSA) is 102 Å². The minimum atomic E-state index is -0.963. The minimum Gasteiger partial charge on any atom is -0.465 e. The molecular formula is C25H35N3O5. The summed E-state index contributed by atoms with van der Waals surface area (Å²) in [7, 11) is 0. The predicted molar refractivity (Wildman–Crippen MR) is 125 cm³/mol. The lowest BCUT2D eigenvalue weighted by atomic mass is 9.94. The van der Waals surface area contributed by atoms with Gasteiger partial charge in [-0.3, -0.25) is 24.6 Å². The summed E-state index contributed by atoms with van der Waals surface area (Å²) in [6.45, 7) is 12.8. The number of benzene rings is 1. The second-order valence-electron chi connectivity index (χ2n) is 8.56. The number of nitrogens with one attached hydrogen (secondary N) is 1. The summed E-state index contributed by atoms with van der Waals surface area (Å²) in [5.41, 5.74) is 2.69. The molecule has 0 aliphatic heterocycles. The number of carbonyl (C=O) groups excluding carboxylic acids is 3. The first kappa shape index (κ1) is 26.3. The molecule has 1 N–H and O–H groups in total. The zero-order valence-corrected chi connectivity index (χ0v) is 20.7. The third-order valence-electron chi connectivity index (χ3n) is 5.60. The molecule has 0 fully saturated rings. The van der Waals surface area contributed by atoms with Crippen LogP contribution >= 0.6 is 0 Å². The highest BCUT2D eigenvalue weighted by Gasteiger charge is 2.32. The Labute approximate surface area is 195 Å². The van der Waals surface area contributed by atoms with E-state index in [9.17, 15) is 14.4 Å². The maximum atomic E-state index is 12.6. The molecule has 2 rings (SSSR count). The Balaban J connectivity index is 2.30. The molecule has 0 aliphatic carbocycles. The normalized spacial score (nSPS) is 12.3. The van der Waals surface area contributed by atoms with E-state index in [1.54, 1.807) is 27.7 Å². The first-order valence-corrected chi connectivity index (χ1v) is 11.3. The summed E-state index contributed by atoms with van der Waals surface area (Å²) in [4.78, 5) is 38.1. The van der Waals surface area contributed by atoms with Crippen molar-refractivity contribution in [3.8, 4) is 11.1 Å². The summed E-state index contributed by atoms with van der Waals surface area (Å²) in [6, 6.07) is 7.57. The number of rotatable bonds is 10. The number of aromatic nitrogens is 1.